The van der Waals surface area contributed by atoms with E-state index in [4.69, 9.17) is 0 Å². The second-order valence-electron chi connectivity index (χ2n) is 10.7. The van der Waals surface area contributed by atoms with E-state index in [0.717, 1.165) is 36.0 Å². The van der Waals surface area contributed by atoms with E-state index in [1.54, 1.807) is 18.7 Å². The fourth-order valence-electron chi connectivity index (χ4n) is 5.99. The smallest absolute Gasteiger partial charge is 0.352 e. The molecular weight excluding hydrogens is 591 g/mol. The molecule has 0 spiro atoms. The second kappa shape index (κ2) is 11.7. The van der Waals surface area contributed by atoms with Crippen LogP contribution < -0.4 is 10.6 Å². The van der Waals surface area contributed by atoms with Crippen LogP contribution >= 0.6 is 11.8 Å². The number of aryl methyl sites for hydroxylation is 1. The van der Waals surface area contributed by atoms with Crippen LogP contribution in [-0.2, 0) is 22.3 Å². The van der Waals surface area contributed by atoms with Gasteiger partial charge >= 0.3 is 11.9 Å². The molecule has 1 aromatic heterocycles. The quantitative estimate of drug-likeness (QED) is 0.256. The molecule has 2 unspecified atom stereocenters. The van der Waals surface area contributed by atoms with Gasteiger partial charge in [-0.25, -0.2) is 13.6 Å². The van der Waals surface area contributed by atoms with Gasteiger partial charge in [-0.3, -0.25) is 14.2 Å². The van der Waals surface area contributed by atoms with Gasteiger partial charge in [0.05, 0.1) is 17.1 Å². The highest BCUT2D eigenvalue weighted by molar-refractivity contribution is 7.99. The number of nitrogens with zero attached hydrogens (tertiary/aromatic N) is 4. The van der Waals surface area contributed by atoms with E-state index in [-0.39, 0.29) is 65.8 Å². The summed E-state index contributed by atoms with van der Waals surface area (Å²) in [6.07, 6.45) is -3.10. The predicted molar refractivity (Wildman–Crippen MR) is 154 cm³/mol. The highest BCUT2D eigenvalue weighted by Gasteiger charge is 2.40. The fourth-order valence-corrected chi connectivity index (χ4v) is 7.19. The summed E-state index contributed by atoms with van der Waals surface area (Å²) in [6, 6.07) is 2.14. The molecule has 0 bridgehead atoms. The molecule has 1 saturated heterocycles. The number of aromatic nitrogens is 2. The summed E-state index contributed by atoms with van der Waals surface area (Å²) in [4.78, 5) is 46.1. The monoisotopic (exact) mass is 620 g/mol. The van der Waals surface area contributed by atoms with Crippen molar-refractivity contribution in [3.05, 3.63) is 64.6 Å². The molecule has 7 nitrogen and oxygen atoms in total. The summed E-state index contributed by atoms with van der Waals surface area (Å²) in [7, 11) is 0. The third-order valence-corrected chi connectivity index (χ3v) is 9.03. The molecule has 2 aromatic carbocycles. The Morgan fingerprint density at radius 1 is 1.19 bits per heavy atom. The van der Waals surface area contributed by atoms with Crippen molar-refractivity contribution in [3.63, 3.8) is 0 Å². The highest BCUT2D eigenvalue weighted by Crippen LogP contribution is 2.48. The lowest BCUT2D eigenvalue weighted by Crippen LogP contribution is -2.60. The lowest BCUT2D eigenvalue weighted by atomic mass is 9.95. The molecule has 2 atom stereocenters. The topological polar surface area (TPSA) is 75.5 Å². The molecule has 43 heavy (non-hydrogen) atoms. The summed E-state index contributed by atoms with van der Waals surface area (Å²) in [5.74, 6) is -2.24. The number of amides is 1. The number of halogens is 5. The van der Waals surface area contributed by atoms with Gasteiger partial charge in [-0.2, -0.15) is 18.2 Å². The first kappa shape index (κ1) is 30.7. The Labute approximate surface area is 248 Å². The SMILES string of the molecule is C=CC(=O)N1C(C)CN(c2nc(=O)n3c4c(c(-c5ccc(F)cc5F)c(C(F)(F)F)cc24)SCCC3)CC1CC(=O)CC. The van der Waals surface area contributed by atoms with Crippen molar-refractivity contribution in [2.24, 2.45) is 0 Å². The normalized spacial score (nSPS) is 19.0. The van der Waals surface area contributed by atoms with Crippen molar-refractivity contribution in [1.29, 1.82) is 0 Å². The maximum Gasteiger partial charge on any atom is 0.417 e. The standard InChI is InChI=1S/C30H29F5N4O3S/c1-4-19(40)12-18-15-37(14-16(3)39(18)24(41)5-2)28-21-13-22(30(33,34)35)25(20-8-7-17(31)11-23(20)32)27-26(21)38(29(42)36-28)9-6-10-43-27/h5,7-8,11,13,16,18H,2,4,6,9-10,12,14-15H2,1,3H3. The van der Waals surface area contributed by atoms with Crippen LogP contribution in [0, 0.1) is 11.6 Å². The molecule has 0 saturated carbocycles. The van der Waals surface area contributed by atoms with Crippen LogP contribution in [0.5, 0.6) is 0 Å². The average Bonchev–Trinajstić information content (AvgIpc) is 3.18. The molecular formula is C30H29F5N4O3S. The molecule has 1 fully saturated rings. The predicted octanol–water partition coefficient (Wildman–Crippen LogP) is 5.82. The number of anilines is 1. The van der Waals surface area contributed by atoms with Crippen LogP contribution in [0.15, 0.2) is 46.6 Å². The third kappa shape index (κ3) is 5.66. The molecule has 3 aromatic rings. The number of hydrogen-bond acceptors (Lipinski definition) is 6. The Morgan fingerprint density at radius 3 is 2.58 bits per heavy atom. The lowest BCUT2D eigenvalue weighted by molar-refractivity contribution is -0.137. The molecule has 3 heterocycles. The molecule has 2 aliphatic heterocycles. The zero-order valence-electron chi connectivity index (χ0n) is 23.5. The average molecular weight is 621 g/mol. The number of piperazine rings is 1. The van der Waals surface area contributed by atoms with E-state index in [1.165, 1.54) is 9.47 Å². The van der Waals surface area contributed by atoms with Gasteiger partial charge in [-0.05, 0) is 43.4 Å². The first-order chi connectivity index (χ1) is 20.3. The van der Waals surface area contributed by atoms with Gasteiger partial charge in [0.15, 0.2) is 0 Å². The van der Waals surface area contributed by atoms with Crippen LogP contribution in [0.3, 0.4) is 0 Å². The number of hydrogen-bond donors (Lipinski definition) is 0. The number of carbonyl (C=O) groups is 2. The van der Waals surface area contributed by atoms with Gasteiger partial charge in [-0.15, -0.1) is 11.8 Å². The summed E-state index contributed by atoms with van der Waals surface area (Å²) >= 11 is 1.08. The zero-order chi connectivity index (χ0) is 31.2. The summed E-state index contributed by atoms with van der Waals surface area (Å²) in [6.45, 7) is 7.34. The Morgan fingerprint density at radius 2 is 1.93 bits per heavy atom. The van der Waals surface area contributed by atoms with Crippen LogP contribution in [0.4, 0.5) is 27.8 Å². The third-order valence-electron chi connectivity index (χ3n) is 7.85. The number of ketones is 1. The number of rotatable bonds is 6. The van der Waals surface area contributed by atoms with Gasteiger partial charge in [0, 0.05) is 66.0 Å². The van der Waals surface area contributed by atoms with E-state index >= 15 is 4.39 Å². The van der Waals surface area contributed by atoms with Crippen molar-refractivity contribution in [2.75, 3.05) is 23.7 Å². The van der Waals surface area contributed by atoms with E-state index in [9.17, 15) is 31.9 Å². The number of thioether (sulfide) groups is 1. The van der Waals surface area contributed by atoms with Crippen molar-refractivity contribution >= 4 is 40.2 Å². The number of Topliss-reactive ketones (excluding diaryl/α,β-unsaturated/α-hetero) is 1. The molecule has 228 valence electrons. The van der Waals surface area contributed by atoms with Crippen LogP contribution in [-0.4, -0.2) is 57.1 Å². The maximum atomic E-state index is 15.1. The van der Waals surface area contributed by atoms with Gasteiger partial charge in [0.2, 0.25) is 5.91 Å². The van der Waals surface area contributed by atoms with Gasteiger partial charge < -0.3 is 9.80 Å². The molecule has 13 heteroatoms. The largest absolute Gasteiger partial charge is 0.417 e. The van der Waals surface area contributed by atoms with Crippen LogP contribution in [0.25, 0.3) is 22.0 Å². The molecule has 0 N–H and O–H groups in total. The first-order valence-corrected chi connectivity index (χ1v) is 14.8. The van der Waals surface area contributed by atoms with Crippen molar-refractivity contribution < 1.29 is 31.5 Å². The lowest BCUT2D eigenvalue weighted by Gasteiger charge is -2.46. The van der Waals surface area contributed by atoms with Crippen molar-refractivity contribution in [1.82, 2.24) is 14.5 Å². The van der Waals surface area contributed by atoms with Gasteiger partial charge in [-0.1, -0.05) is 13.5 Å². The van der Waals surface area contributed by atoms with Crippen molar-refractivity contribution in [3.8, 4) is 11.1 Å². The summed E-state index contributed by atoms with van der Waals surface area (Å²) in [5.41, 5.74) is -2.54. The van der Waals surface area contributed by atoms with E-state index < -0.39 is 52.3 Å². The van der Waals surface area contributed by atoms with Crippen LogP contribution in [0.2, 0.25) is 0 Å². The van der Waals surface area contributed by atoms with Gasteiger partial charge in [0.25, 0.3) is 0 Å². The zero-order valence-corrected chi connectivity index (χ0v) is 24.3. The fraction of sp³-hybridized carbons (Fsp3) is 0.400. The Balaban J connectivity index is 1.79. The van der Waals surface area contributed by atoms with Crippen LogP contribution in [0.1, 0.15) is 38.7 Å². The van der Waals surface area contributed by atoms with Crippen molar-refractivity contribution in [2.45, 2.75) is 62.8 Å². The maximum absolute atomic E-state index is 15.1. The summed E-state index contributed by atoms with van der Waals surface area (Å²) < 4.78 is 74.4. The molecule has 1 amide bonds. The van der Waals surface area contributed by atoms with E-state index in [0.29, 0.717) is 18.2 Å². The minimum Gasteiger partial charge on any atom is -0.352 e. The Kier molecular flexibility index (Phi) is 8.39. The van der Waals surface area contributed by atoms with Gasteiger partial charge in [0.1, 0.15) is 23.2 Å². The van der Waals surface area contributed by atoms with E-state index in [2.05, 4.69) is 11.6 Å². The number of benzene rings is 2. The van der Waals surface area contributed by atoms with E-state index in [1.807, 2.05) is 0 Å². The molecule has 0 aliphatic carbocycles. The molecule has 5 rings (SSSR count). The minimum absolute atomic E-state index is 0.00874. The minimum atomic E-state index is -4.94. The molecule has 2 aliphatic rings. The number of alkyl halides is 3. The Hall–Kier alpha value is -3.74. The highest BCUT2D eigenvalue weighted by atomic mass is 32.2. The summed E-state index contributed by atoms with van der Waals surface area (Å²) in [5, 5.41) is 0.0406. The second-order valence-corrected chi connectivity index (χ2v) is 11.8. The Bertz CT molecular complexity index is 1690. The first-order valence-electron chi connectivity index (χ1n) is 13.8. The molecule has 0 radical (unpaired) electrons. The number of carbonyl (C=O) groups excluding carboxylic acids is 2.